The maximum Gasteiger partial charge on any atom is 0.0628 e. The largest absolute Gasteiger partial charge is 0.383 e. The van der Waals surface area contributed by atoms with E-state index in [-0.39, 0.29) is 0 Å². The molecule has 1 aromatic heterocycles. The Morgan fingerprint density at radius 3 is 2.76 bits per heavy atom. The van der Waals surface area contributed by atoms with Crippen LogP contribution in [0.1, 0.15) is 29.8 Å². The molecule has 5 nitrogen and oxygen atoms in total. The second-order valence-electron chi connectivity index (χ2n) is 5.88. The second-order valence-corrected chi connectivity index (χ2v) is 5.88. The van der Waals surface area contributed by atoms with Gasteiger partial charge in [-0.3, -0.25) is 4.68 Å². The van der Waals surface area contributed by atoms with Gasteiger partial charge in [-0.1, -0.05) is 0 Å². The fourth-order valence-corrected chi connectivity index (χ4v) is 2.96. The molecule has 0 unspecified atom stereocenters. The van der Waals surface area contributed by atoms with Crippen molar-refractivity contribution in [2.45, 2.75) is 39.7 Å². The molecule has 0 aliphatic carbocycles. The highest BCUT2D eigenvalue weighted by atomic mass is 16.5. The quantitative estimate of drug-likeness (QED) is 0.742. The number of aromatic nitrogens is 2. The minimum Gasteiger partial charge on any atom is -0.383 e. The summed E-state index contributed by atoms with van der Waals surface area (Å²) in [6, 6.07) is 0. The molecule has 5 heteroatoms. The van der Waals surface area contributed by atoms with Crippen molar-refractivity contribution in [1.29, 1.82) is 0 Å². The molecule has 1 N–H and O–H groups in total. The summed E-state index contributed by atoms with van der Waals surface area (Å²) in [6.45, 7) is 9.81. The number of ether oxygens (including phenoxy) is 2. The Morgan fingerprint density at radius 2 is 2.05 bits per heavy atom. The van der Waals surface area contributed by atoms with E-state index in [1.165, 1.54) is 17.0 Å². The molecule has 0 radical (unpaired) electrons. The highest BCUT2D eigenvalue weighted by Crippen LogP contribution is 2.20. The first-order chi connectivity index (χ1) is 10.2. The van der Waals surface area contributed by atoms with Gasteiger partial charge in [0.15, 0.2) is 0 Å². The number of methoxy groups -OCH3 is 1. The summed E-state index contributed by atoms with van der Waals surface area (Å²) in [5, 5.41) is 8.14. The van der Waals surface area contributed by atoms with Crippen LogP contribution in [0.25, 0.3) is 0 Å². The van der Waals surface area contributed by atoms with E-state index in [0.717, 1.165) is 58.7 Å². The van der Waals surface area contributed by atoms with Gasteiger partial charge in [-0.05, 0) is 51.1 Å². The summed E-state index contributed by atoms with van der Waals surface area (Å²) >= 11 is 0. The van der Waals surface area contributed by atoms with Gasteiger partial charge < -0.3 is 14.8 Å². The number of hydrogen-bond acceptors (Lipinski definition) is 4. The molecular weight excluding hydrogens is 266 g/mol. The summed E-state index contributed by atoms with van der Waals surface area (Å²) in [4.78, 5) is 0. The van der Waals surface area contributed by atoms with Crippen molar-refractivity contribution in [2.24, 2.45) is 5.92 Å². The summed E-state index contributed by atoms with van der Waals surface area (Å²) in [5.41, 5.74) is 3.90. The normalized spacial score (nSPS) is 16.5. The molecule has 0 aromatic carbocycles. The molecule has 1 aromatic rings. The predicted molar refractivity (Wildman–Crippen MR) is 83.7 cm³/mol. The molecule has 0 amide bonds. The number of hydrogen-bond donors (Lipinski definition) is 1. The molecule has 120 valence electrons. The topological polar surface area (TPSA) is 48.3 Å². The lowest BCUT2D eigenvalue weighted by Crippen LogP contribution is -2.22. The molecule has 1 saturated heterocycles. The van der Waals surface area contributed by atoms with Crippen LogP contribution in [0.3, 0.4) is 0 Å². The summed E-state index contributed by atoms with van der Waals surface area (Å²) < 4.78 is 12.7. The van der Waals surface area contributed by atoms with Crippen molar-refractivity contribution in [3.05, 3.63) is 17.0 Å². The Balaban J connectivity index is 1.87. The minimum absolute atomic E-state index is 0.712. The number of nitrogens with one attached hydrogen (secondary N) is 1. The van der Waals surface area contributed by atoms with Crippen molar-refractivity contribution >= 4 is 0 Å². The van der Waals surface area contributed by atoms with Crippen LogP contribution in [0.5, 0.6) is 0 Å². The standard InChI is InChI=1S/C16H29N3O2/c1-13-16(4-7-17-8-11-20-3)14(2)19(18-13)12-15-5-9-21-10-6-15/h15,17H,4-12H2,1-3H3. The minimum atomic E-state index is 0.712. The molecule has 21 heavy (non-hydrogen) atoms. The summed E-state index contributed by atoms with van der Waals surface area (Å²) in [6.07, 6.45) is 3.35. The van der Waals surface area contributed by atoms with E-state index in [1.807, 2.05) is 0 Å². The molecule has 1 fully saturated rings. The van der Waals surface area contributed by atoms with Crippen molar-refractivity contribution in [3.63, 3.8) is 0 Å². The lowest BCUT2D eigenvalue weighted by molar-refractivity contribution is 0.0599. The monoisotopic (exact) mass is 295 g/mol. The number of rotatable bonds is 8. The SMILES string of the molecule is COCCNCCc1c(C)nn(CC2CCOCC2)c1C. The molecule has 1 aliphatic heterocycles. The maximum atomic E-state index is 5.43. The lowest BCUT2D eigenvalue weighted by atomic mass is 10.0. The molecule has 0 saturated carbocycles. The van der Waals surface area contributed by atoms with E-state index >= 15 is 0 Å². The van der Waals surface area contributed by atoms with Crippen molar-refractivity contribution in [2.75, 3.05) is 40.0 Å². The zero-order chi connectivity index (χ0) is 15.1. The molecule has 0 spiro atoms. The maximum absolute atomic E-state index is 5.43. The van der Waals surface area contributed by atoms with E-state index in [2.05, 4.69) is 23.8 Å². The van der Waals surface area contributed by atoms with Crippen LogP contribution in [0.2, 0.25) is 0 Å². The molecule has 0 atom stereocenters. The first-order valence-corrected chi connectivity index (χ1v) is 8.02. The number of nitrogens with zero attached hydrogens (tertiary/aromatic N) is 2. The first-order valence-electron chi connectivity index (χ1n) is 8.02. The van der Waals surface area contributed by atoms with Gasteiger partial charge in [0, 0.05) is 39.1 Å². The molecule has 2 heterocycles. The van der Waals surface area contributed by atoms with Gasteiger partial charge in [-0.15, -0.1) is 0 Å². The highest BCUT2D eigenvalue weighted by Gasteiger charge is 2.18. The van der Waals surface area contributed by atoms with Crippen LogP contribution in [0.4, 0.5) is 0 Å². The Labute approximate surface area is 128 Å². The molecular formula is C16H29N3O2. The average Bonchev–Trinajstić information content (AvgIpc) is 2.75. The van der Waals surface area contributed by atoms with E-state index < -0.39 is 0 Å². The van der Waals surface area contributed by atoms with E-state index in [0.29, 0.717) is 5.92 Å². The fraction of sp³-hybridized carbons (Fsp3) is 0.812. The van der Waals surface area contributed by atoms with Gasteiger partial charge in [0.1, 0.15) is 0 Å². The molecule has 2 rings (SSSR count). The summed E-state index contributed by atoms with van der Waals surface area (Å²) in [5.74, 6) is 0.712. The van der Waals surface area contributed by atoms with Crippen LogP contribution in [0, 0.1) is 19.8 Å². The van der Waals surface area contributed by atoms with Crippen LogP contribution in [0.15, 0.2) is 0 Å². The van der Waals surface area contributed by atoms with Crippen molar-refractivity contribution in [1.82, 2.24) is 15.1 Å². The third-order valence-electron chi connectivity index (χ3n) is 4.34. The van der Waals surface area contributed by atoms with Gasteiger partial charge >= 0.3 is 0 Å². The molecule has 1 aliphatic rings. The summed E-state index contributed by atoms with van der Waals surface area (Å²) in [7, 11) is 1.73. The molecule has 0 bridgehead atoms. The number of aryl methyl sites for hydroxylation is 1. The van der Waals surface area contributed by atoms with Gasteiger partial charge in [0.25, 0.3) is 0 Å². The third kappa shape index (κ3) is 4.80. The zero-order valence-corrected chi connectivity index (χ0v) is 13.7. The highest BCUT2D eigenvalue weighted by molar-refractivity contribution is 5.24. The van der Waals surface area contributed by atoms with Gasteiger partial charge in [0.05, 0.1) is 12.3 Å². The van der Waals surface area contributed by atoms with Crippen molar-refractivity contribution < 1.29 is 9.47 Å². The Morgan fingerprint density at radius 1 is 1.29 bits per heavy atom. The van der Waals surface area contributed by atoms with Crippen LogP contribution in [-0.4, -0.2) is 49.8 Å². The van der Waals surface area contributed by atoms with Crippen LogP contribution in [-0.2, 0) is 22.4 Å². The average molecular weight is 295 g/mol. The van der Waals surface area contributed by atoms with E-state index in [9.17, 15) is 0 Å². The van der Waals surface area contributed by atoms with Gasteiger partial charge in [0.2, 0.25) is 0 Å². The third-order valence-corrected chi connectivity index (χ3v) is 4.34. The van der Waals surface area contributed by atoms with Crippen LogP contribution >= 0.6 is 0 Å². The van der Waals surface area contributed by atoms with Gasteiger partial charge in [-0.2, -0.15) is 5.10 Å². The van der Waals surface area contributed by atoms with E-state index in [1.54, 1.807) is 7.11 Å². The Bertz CT molecular complexity index is 425. The fourth-order valence-electron chi connectivity index (χ4n) is 2.96. The Kier molecular flexibility index (Phi) is 6.67. The smallest absolute Gasteiger partial charge is 0.0628 e. The lowest BCUT2D eigenvalue weighted by Gasteiger charge is -2.22. The predicted octanol–water partition coefficient (Wildman–Crippen LogP) is 1.71. The zero-order valence-electron chi connectivity index (χ0n) is 13.7. The Hall–Kier alpha value is -0.910. The van der Waals surface area contributed by atoms with Crippen LogP contribution < -0.4 is 5.32 Å². The first kappa shape index (κ1) is 16.5. The van der Waals surface area contributed by atoms with E-state index in [4.69, 9.17) is 14.6 Å². The second kappa shape index (κ2) is 8.51. The van der Waals surface area contributed by atoms with Gasteiger partial charge in [-0.25, -0.2) is 0 Å². The van der Waals surface area contributed by atoms with Crippen molar-refractivity contribution in [3.8, 4) is 0 Å².